The third-order valence-electron chi connectivity index (χ3n) is 2.77. The van der Waals surface area contributed by atoms with Crippen molar-refractivity contribution >= 4 is 28.4 Å². The maximum Gasteiger partial charge on any atom is 0.194 e. The van der Waals surface area contributed by atoms with E-state index in [1.54, 1.807) is 6.07 Å². The van der Waals surface area contributed by atoms with Crippen molar-refractivity contribution in [3.8, 4) is 0 Å². The number of Topliss-reactive ketones (excluding diaryl/α,β-unsaturated/α-hetero) is 1. The van der Waals surface area contributed by atoms with Gasteiger partial charge in [0.05, 0.1) is 0 Å². The van der Waals surface area contributed by atoms with Gasteiger partial charge < -0.3 is 14.3 Å². The molecule has 0 unspecified atom stereocenters. The van der Waals surface area contributed by atoms with E-state index in [0.717, 1.165) is 3.57 Å². The molecule has 0 amide bonds. The molecule has 1 rings (SSSR count). The minimum absolute atomic E-state index is 0.0413. The molecule has 0 aromatic heterocycles. The van der Waals surface area contributed by atoms with E-state index in [9.17, 15) is 9.18 Å². The standard InChI is InChI=1S/C13H16FIO3/c1-9(16)4-5-13(17-2,18-3)10-6-11(14)8-12(15)7-10/h6-8H,4-5H2,1-3H3. The van der Waals surface area contributed by atoms with Gasteiger partial charge in [0.15, 0.2) is 5.79 Å². The van der Waals surface area contributed by atoms with Crippen LogP contribution in [0.1, 0.15) is 25.3 Å². The van der Waals surface area contributed by atoms with E-state index in [1.165, 1.54) is 33.3 Å². The van der Waals surface area contributed by atoms with E-state index in [4.69, 9.17) is 9.47 Å². The van der Waals surface area contributed by atoms with E-state index < -0.39 is 5.79 Å². The summed E-state index contributed by atoms with van der Waals surface area (Å²) in [6, 6.07) is 4.58. The van der Waals surface area contributed by atoms with Crippen molar-refractivity contribution in [1.29, 1.82) is 0 Å². The van der Waals surface area contributed by atoms with Crippen LogP contribution < -0.4 is 0 Å². The minimum Gasteiger partial charge on any atom is -0.349 e. The van der Waals surface area contributed by atoms with Crippen LogP contribution in [0.4, 0.5) is 4.39 Å². The number of rotatable bonds is 6. The van der Waals surface area contributed by atoms with Gasteiger partial charge in [0.25, 0.3) is 0 Å². The Balaban J connectivity index is 3.12. The molecule has 100 valence electrons. The summed E-state index contributed by atoms with van der Waals surface area (Å²) in [7, 11) is 2.98. The van der Waals surface area contributed by atoms with Crippen LogP contribution in [0.15, 0.2) is 18.2 Å². The summed E-state index contributed by atoms with van der Waals surface area (Å²) in [6.45, 7) is 1.51. The van der Waals surface area contributed by atoms with E-state index in [1.807, 2.05) is 22.6 Å². The molecule has 3 nitrogen and oxygen atoms in total. The highest BCUT2D eigenvalue weighted by molar-refractivity contribution is 14.1. The lowest BCUT2D eigenvalue weighted by Crippen LogP contribution is -2.31. The average molecular weight is 366 g/mol. The molecular weight excluding hydrogens is 350 g/mol. The third-order valence-corrected chi connectivity index (χ3v) is 3.39. The van der Waals surface area contributed by atoms with Crippen molar-refractivity contribution in [3.63, 3.8) is 0 Å². The largest absolute Gasteiger partial charge is 0.349 e. The number of hydrogen-bond acceptors (Lipinski definition) is 3. The number of methoxy groups -OCH3 is 2. The van der Waals surface area contributed by atoms with Crippen molar-refractivity contribution in [3.05, 3.63) is 33.1 Å². The second-order valence-corrected chi connectivity index (χ2v) is 5.27. The second kappa shape index (κ2) is 6.58. The van der Waals surface area contributed by atoms with Gasteiger partial charge in [0, 0.05) is 36.2 Å². The van der Waals surface area contributed by atoms with E-state index in [2.05, 4.69) is 0 Å². The van der Waals surface area contributed by atoms with Gasteiger partial charge in [0.2, 0.25) is 0 Å². The molecule has 0 saturated carbocycles. The number of carbonyl (C=O) groups excluding carboxylic acids is 1. The maximum absolute atomic E-state index is 13.4. The quantitative estimate of drug-likeness (QED) is 0.573. The number of benzene rings is 1. The highest BCUT2D eigenvalue weighted by Crippen LogP contribution is 2.32. The van der Waals surface area contributed by atoms with Gasteiger partial charge >= 0.3 is 0 Å². The Kier molecular flexibility index (Phi) is 5.68. The van der Waals surface area contributed by atoms with Crippen LogP contribution >= 0.6 is 22.6 Å². The fourth-order valence-electron chi connectivity index (χ4n) is 1.78. The van der Waals surface area contributed by atoms with Crippen LogP contribution in [-0.2, 0) is 20.1 Å². The number of ketones is 1. The fourth-order valence-corrected chi connectivity index (χ4v) is 2.41. The zero-order valence-electron chi connectivity index (χ0n) is 10.6. The van der Waals surface area contributed by atoms with Crippen molar-refractivity contribution in [2.75, 3.05) is 14.2 Å². The number of carbonyl (C=O) groups is 1. The van der Waals surface area contributed by atoms with Crippen LogP contribution in [0.25, 0.3) is 0 Å². The molecule has 0 aliphatic carbocycles. The van der Waals surface area contributed by atoms with Crippen LogP contribution in [0.5, 0.6) is 0 Å². The summed E-state index contributed by atoms with van der Waals surface area (Å²) in [4.78, 5) is 11.1. The molecule has 0 fully saturated rings. The average Bonchev–Trinajstić information content (AvgIpc) is 2.29. The van der Waals surface area contributed by atoms with E-state index >= 15 is 0 Å². The van der Waals surface area contributed by atoms with Gasteiger partial charge in [-0.15, -0.1) is 0 Å². The molecule has 0 heterocycles. The molecule has 0 N–H and O–H groups in total. The molecule has 0 aliphatic heterocycles. The van der Waals surface area contributed by atoms with Gasteiger partial charge in [-0.05, 0) is 47.7 Å². The smallest absolute Gasteiger partial charge is 0.194 e. The molecule has 0 spiro atoms. The summed E-state index contributed by atoms with van der Waals surface area (Å²) in [5, 5.41) is 0. The molecule has 0 radical (unpaired) electrons. The van der Waals surface area contributed by atoms with Crippen molar-refractivity contribution in [2.45, 2.75) is 25.6 Å². The molecule has 0 aliphatic rings. The SMILES string of the molecule is COC(CCC(C)=O)(OC)c1cc(F)cc(I)c1. The minimum atomic E-state index is -1.08. The normalized spacial score (nSPS) is 11.6. The summed E-state index contributed by atoms with van der Waals surface area (Å²) >= 11 is 2.03. The predicted molar refractivity (Wildman–Crippen MR) is 74.7 cm³/mol. The lowest BCUT2D eigenvalue weighted by atomic mass is 9.99. The number of halogens is 2. The monoisotopic (exact) mass is 366 g/mol. The molecule has 0 atom stereocenters. The van der Waals surface area contributed by atoms with Gasteiger partial charge in [0.1, 0.15) is 11.6 Å². The summed E-state index contributed by atoms with van der Waals surface area (Å²) < 4.78 is 25.0. The zero-order chi connectivity index (χ0) is 13.8. The molecule has 0 saturated heterocycles. The zero-order valence-corrected chi connectivity index (χ0v) is 12.8. The molecule has 0 bridgehead atoms. The molecule has 18 heavy (non-hydrogen) atoms. The van der Waals surface area contributed by atoms with E-state index in [0.29, 0.717) is 18.4 Å². The Labute approximate surface area is 120 Å². The first kappa shape index (κ1) is 15.5. The van der Waals surface area contributed by atoms with Crippen LogP contribution in [0.2, 0.25) is 0 Å². The highest BCUT2D eigenvalue weighted by Gasteiger charge is 2.32. The van der Waals surface area contributed by atoms with Crippen molar-refractivity contribution in [1.82, 2.24) is 0 Å². The number of ether oxygens (including phenoxy) is 2. The van der Waals surface area contributed by atoms with Gasteiger partial charge in [-0.2, -0.15) is 0 Å². The van der Waals surface area contributed by atoms with Crippen molar-refractivity contribution in [2.24, 2.45) is 0 Å². The van der Waals surface area contributed by atoms with Gasteiger partial charge in [-0.25, -0.2) is 4.39 Å². The van der Waals surface area contributed by atoms with E-state index in [-0.39, 0.29) is 11.6 Å². The Morgan fingerprint density at radius 3 is 2.39 bits per heavy atom. The Morgan fingerprint density at radius 2 is 1.94 bits per heavy atom. The predicted octanol–water partition coefficient (Wildman–Crippen LogP) is 3.25. The first-order valence-electron chi connectivity index (χ1n) is 5.50. The summed E-state index contributed by atoms with van der Waals surface area (Å²) in [5.41, 5.74) is 0.582. The third kappa shape index (κ3) is 3.73. The molecule has 1 aromatic rings. The van der Waals surface area contributed by atoms with Crippen LogP contribution in [-0.4, -0.2) is 20.0 Å². The number of hydrogen-bond donors (Lipinski definition) is 0. The first-order chi connectivity index (χ1) is 8.43. The Morgan fingerprint density at radius 1 is 1.33 bits per heavy atom. The lowest BCUT2D eigenvalue weighted by molar-refractivity contribution is -0.220. The lowest BCUT2D eigenvalue weighted by Gasteiger charge is -2.31. The Hall–Kier alpha value is -0.530. The van der Waals surface area contributed by atoms with Crippen molar-refractivity contribution < 1.29 is 18.7 Å². The van der Waals surface area contributed by atoms with Gasteiger partial charge in [-0.1, -0.05) is 0 Å². The molecule has 1 aromatic carbocycles. The topological polar surface area (TPSA) is 35.5 Å². The van der Waals surface area contributed by atoms with Crippen LogP contribution in [0.3, 0.4) is 0 Å². The van der Waals surface area contributed by atoms with Crippen LogP contribution in [0, 0.1) is 9.39 Å². The molecule has 5 heteroatoms. The fraction of sp³-hybridized carbons (Fsp3) is 0.462. The van der Waals surface area contributed by atoms with Gasteiger partial charge in [-0.3, -0.25) is 0 Å². The highest BCUT2D eigenvalue weighted by atomic mass is 127. The Bertz CT molecular complexity index is 410. The molecular formula is C13H16FIO3. The first-order valence-corrected chi connectivity index (χ1v) is 6.57. The maximum atomic E-state index is 13.4. The summed E-state index contributed by atoms with van der Waals surface area (Å²) in [5.74, 6) is -1.38. The second-order valence-electron chi connectivity index (χ2n) is 4.02. The summed E-state index contributed by atoms with van der Waals surface area (Å²) in [6.07, 6.45) is 0.670.